The Morgan fingerprint density at radius 1 is 0.949 bits per heavy atom. The lowest BCUT2D eigenvalue weighted by Gasteiger charge is -2.53. The molecule has 214 valence electrons. The number of fused-ring (bicyclic) bond motifs is 2. The van der Waals surface area contributed by atoms with Crippen molar-refractivity contribution in [3.05, 3.63) is 65.7 Å². The lowest BCUT2D eigenvalue weighted by molar-refractivity contribution is -0.388. The van der Waals surface area contributed by atoms with Gasteiger partial charge in [0.15, 0.2) is 27.0 Å². The van der Waals surface area contributed by atoms with Gasteiger partial charge in [-0.25, -0.2) is 4.79 Å². The van der Waals surface area contributed by atoms with E-state index in [-0.39, 0.29) is 5.04 Å². The molecule has 0 spiro atoms. The zero-order chi connectivity index (χ0) is 28.4. The Bertz CT molecular complexity index is 1090. The summed E-state index contributed by atoms with van der Waals surface area (Å²) in [6.45, 7) is 13.5. The SMILES string of the molecule is COC(=O)[C@@H]1O[C@H](O[Si](C)(C)C(C)(C)C(C)C)[C@@H]2OC(c3ccc(OC)cc3)O[C@H]1[C@@H]2OCc1ccccc1. The second kappa shape index (κ2) is 12.1. The average Bonchev–Trinajstić information content (AvgIpc) is 2.93. The van der Waals surface area contributed by atoms with Gasteiger partial charge < -0.3 is 32.8 Å². The molecule has 2 aromatic carbocycles. The second-order valence-corrected chi connectivity index (χ2v) is 16.1. The van der Waals surface area contributed by atoms with Crippen molar-refractivity contribution in [3.8, 4) is 5.75 Å². The Kier molecular flexibility index (Phi) is 9.20. The average molecular weight is 559 g/mol. The van der Waals surface area contributed by atoms with Gasteiger partial charge in [0.1, 0.15) is 24.1 Å². The van der Waals surface area contributed by atoms with Crippen LogP contribution in [0.3, 0.4) is 0 Å². The molecule has 0 amide bonds. The van der Waals surface area contributed by atoms with Crippen LogP contribution in [0.15, 0.2) is 54.6 Å². The Morgan fingerprint density at radius 3 is 2.18 bits per heavy atom. The first-order chi connectivity index (χ1) is 18.5. The highest BCUT2D eigenvalue weighted by molar-refractivity contribution is 6.74. The Hall–Kier alpha value is -2.27. The van der Waals surface area contributed by atoms with Gasteiger partial charge >= 0.3 is 5.97 Å². The van der Waals surface area contributed by atoms with Gasteiger partial charge in [-0.2, -0.15) is 0 Å². The van der Waals surface area contributed by atoms with Crippen molar-refractivity contribution in [3.63, 3.8) is 0 Å². The van der Waals surface area contributed by atoms with Gasteiger partial charge in [0.25, 0.3) is 0 Å². The van der Waals surface area contributed by atoms with Gasteiger partial charge in [-0.05, 0) is 41.7 Å². The van der Waals surface area contributed by atoms with Crippen molar-refractivity contribution < 1.29 is 37.6 Å². The van der Waals surface area contributed by atoms with Crippen LogP contribution >= 0.6 is 0 Å². The molecule has 8 nitrogen and oxygen atoms in total. The molecule has 2 aromatic rings. The monoisotopic (exact) mass is 558 g/mol. The van der Waals surface area contributed by atoms with Crippen LogP contribution in [0.2, 0.25) is 18.1 Å². The maximum atomic E-state index is 13.0. The van der Waals surface area contributed by atoms with E-state index in [0.29, 0.717) is 12.5 Å². The number of hydrogen-bond donors (Lipinski definition) is 0. The fraction of sp³-hybridized carbons (Fsp3) is 0.567. The van der Waals surface area contributed by atoms with Crippen LogP contribution in [-0.2, 0) is 39.5 Å². The van der Waals surface area contributed by atoms with Crippen molar-refractivity contribution in [2.45, 2.75) is 89.4 Å². The van der Waals surface area contributed by atoms with Crippen molar-refractivity contribution in [1.29, 1.82) is 0 Å². The number of ether oxygens (including phenoxy) is 6. The Balaban J connectivity index is 1.70. The zero-order valence-electron chi connectivity index (χ0n) is 24.2. The minimum atomic E-state index is -2.41. The molecule has 2 saturated heterocycles. The third kappa shape index (κ3) is 6.24. The van der Waals surface area contributed by atoms with Gasteiger partial charge in [0.2, 0.25) is 0 Å². The van der Waals surface area contributed by atoms with Crippen LogP contribution in [0.4, 0.5) is 0 Å². The highest BCUT2D eigenvalue weighted by Gasteiger charge is 2.58. The summed E-state index contributed by atoms with van der Waals surface area (Å²) < 4.78 is 43.0. The molecule has 4 rings (SSSR count). The molecule has 2 aliphatic rings. The van der Waals surface area contributed by atoms with Crippen LogP contribution in [0.25, 0.3) is 0 Å². The van der Waals surface area contributed by atoms with E-state index in [1.54, 1.807) is 7.11 Å². The summed E-state index contributed by atoms with van der Waals surface area (Å²) in [6.07, 6.45) is -4.70. The van der Waals surface area contributed by atoms with Gasteiger partial charge in [-0.3, -0.25) is 0 Å². The first-order valence-electron chi connectivity index (χ1n) is 13.5. The van der Waals surface area contributed by atoms with Crippen LogP contribution in [0.1, 0.15) is 45.1 Å². The number of carbonyl (C=O) groups is 1. The Morgan fingerprint density at radius 2 is 1.59 bits per heavy atom. The molecule has 2 bridgehead atoms. The number of carbonyl (C=O) groups excluding carboxylic acids is 1. The molecule has 0 saturated carbocycles. The van der Waals surface area contributed by atoms with E-state index in [1.165, 1.54) is 7.11 Å². The zero-order valence-corrected chi connectivity index (χ0v) is 25.2. The summed E-state index contributed by atoms with van der Waals surface area (Å²) in [4.78, 5) is 13.0. The molecule has 2 heterocycles. The molecule has 0 N–H and O–H groups in total. The first-order valence-corrected chi connectivity index (χ1v) is 16.4. The lowest BCUT2D eigenvalue weighted by Crippen LogP contribution is -2.67. The maximum Gasteiger partial charge on any atom is 0.337 e. The van der Waals surface area contributed by atoms with Crippen LogP contribution in [0.5, 0.6) is 5.75 Å². The normalized spacial score (nSPS) is 27.3. The minimum absolute atomic E-state index is 0.0884. The highest BCUT2D eigenvalue weighted by atomic mass is 28.4. The van der Waals surface area contributed by atoms with Crippen molar-refractivity contribution in [2.75, 3.05) is 14.2 Å². The number of esters is 1. The third-order valence-corrected chi connectivity index (χ3v) is 13.1. The quantitative estimate of drug-likeness (QED) is 0.275. The molecule has 0 aromatic heterocycles. The number of benzene rings is 2. The summed E-state index contributed by atoms with van der Waals surface area (Å²) in [5.74, 6) is 0.553. The number of methoxy groups -OCH3 is 2. The summed E-state index contributed by atoms with van der Waals surface area (Å²) in [5, 5.41) is -0.0884. The van der Waals surface area contributed by atoms with Crippen LogP contribution in [-0.4, -0.2) is 59.2 Å². The topological polar surface area (TPSA) is 81.7 Å². The smallest absolute Gasteiger partial charge is 0.337 e. The van der Waals surface area contributed by atoms with E-state index < -0.39 is 51.3 Å². The van der Waals surface area contributed by atoms with E-state index in [2.05, 4.69) is 40.8 Å². The van der Waals surface area contributed by atoms with E-state index in [1.807, 2.05) is 54.6 Å². The standard InChI is InChI=1S/C30H42O8Si/c1-19(2)30(3,4)39(7,8)38-29-26-23(34-18-20-12-10-9-11-13-20)24(25(36-29)27(31)33-6)35-28(37-26)21-14-16-22(32-5)17-15-21/h9-17,19,23-26,28-29H,18H2,1-8H3/t23-,24-,25+,26+,28?,29+/m0/s1. The van der Waals surface area contributed by atoms with Crippen molar-refractivity contribution >= 4 is 14.3 Å². The number of hydrogen-bond acceptors (Lipinski definition) is 8. The molecule has 2 fully saturated rings. The molecule has 1 unspecified atom stereocenters. The lowest BCUT2D eigenvalue weighted by atomic mass is 9.96. The second-order valence-electron chi connectivity index (χ2n) is 11.5. The number of rotatable bonds is 10. The third-order valence-electron chi connectivity index (χ3n) is 8.57. The van der Waals surface area contributed by atoms with Gasteiger partial charge in [-0.1, -0.05) is 70.2 Å². The van der Waals surface area contributed by atoms with Gasteiger partial charge in [0, 0.05) is 5.56 Å². The van der Waals surface area contributed by atoms with Crippen molar-refractivity contribution in [1.82, 2.24) is 0 Å². The Labute approximate surface area is 233 Å². The fourth-order valence-corrected chi connectivity index (χ4v) is 7.30. The predicted molar refractivity (Wildman–Crippen MR) is 149 cm³/mol. The molecule has 6 atom stereocenters. The van der Waals surface area contributed by atoms with Gasteiger partial charge in [-0.15, -0.1) is 0 Å². The van der Waals surface area contributed by atoms with Crippen molar-refractivity contribution in [2.24, 2.45) is 5.92 Å². The van der Waals surface area contributed by atoms with Crippen LogP contribution < -0.4 is 4.74 Å². The largest absolute Gasteiger partial charge is 0.497 e. The molecule has 9 heteroatoms. The predicted octanol–water partition coefficient (Wildman–Crippen LogP) is 5.62. The van der Waals surface area contributed by atoms with E-state index in [9.17, 15) is 4.79 Å². The van der Waals surface area contributed by atoms with E-state index in [0.717, 1.165) is 16.9 Å². The minimum Gasteiger partial charge on any atom is -0.497 e. The highest BCUT2D eigenvalue weighted by Crippen LogP contribution is 2.47. The molecule has 39 heavy (non-hydrogen) atoms. The fourth-order valence-electron chi connectivity index (χ4n) is 4.83. The first kappa shape index (κ1) is 29.7. The molecular weight excluding hydrogens is 516 g/mol. The summed E-state index contributed by atoms with van der Waals surface area (Å²) in [5.41, 5.74) is 1.78. The van der Waals surface area contributed by atoms with Gasteiger partial charge in [0.05, 0.1) is 20.8 Å². The molecule has 0 radical (unpaired) electrons. The maximum absolute atomic E-state index is 13.0. The van der Waals surface area contributed by atoms with Crippen LogP contribution in [0, 0.1) is 5.92 Å². The molecular formula is C30H42O8Si. The summed E-state index contributed by atoms with van der Waals surface area (Å²) in [7, 11) is 0.547. The summed E-state index contributed by atoms with van der Waals surface area (Å²) in [6, 6.07) is 17.3. The molecule has 0 aliphatic carbocycles. The van der Waals surface area contributed by atoms with E-state index in [4.69, 9.17) is 32.8 Å². The summed E-state index contributed by atoms with van der Waals surface area (Å²) >= 11 is 0. The molecule has 2 aliphatic heterocycles. The van der Waals surface area contributed by atoms with E-state index >= 15 is 0 Å².